The minimum atomic E-state index is -0.331. The Balaban J connectivity index is 1.34. The highest BCUT2D eigenvalue weighted by Crippen LogP contribution is 2.13. The SMILES string of the molecule is O=c1oc2cccnc2n1CCN1CCCN(Cc2ccc(Cl)cc2)CC1. The van der Waals surface area contributed by atoms with Gasteiger partial charge >= 0.3 is 5.76 Å². The Morgan fingerprint density at radius 1 is 1.00 bits per heavy atom. The monoisotopic (exact) mass is 386 g/mol. The van der Waals surface area contributed by atoms with Crippen molar-refractivity contribution in [3.63, 3.8) is 0 Å². The van der Waals surface area contributed by atoms with Crippen molar-refractivity contribution < 1.29 is 4.42 Å². The Kier molecular flexibility index (Phi) is 5.57. The first-order valence-electron chi connectivity index (χ1n) is 9.32. The molecule has 1 aliphatic heterocycles. The lowest BCUT2D eigenvalue weighted by molar-refractivity contribution is 0.245. The van der Waals surface area contributed by atoms with Crippen LogP contribution in [0.5, 0.6) is 0 Å². The van der Waals surface area contributed by atoms with E-state index in [1.165, 1.54) is 5.56 Å². The number of rotatable bonds is 5. The molecule has 0 spiro atoms. The summed E-state index contributed by atoms with van der Waals surface area (Å²) >= 11 is 5.97. The van der Waals surface area contributed by atoms with Crippen LogP contribution in [0.1, 0.15) is 12.0 Å². The summed E-state index contributed by atoms with van der Waals surface area (Å²) in [5.41, 5.74) is 2.46. The van der Waals surface area contributed by atoms with Crippen LogP contribution in [0.3, 0.4) is 0 Å². The Morgan fingerprint density at radius 3 is 2.63 bits per heavy atom. The lowest BCUT2D eigenvalue weighted by Crippen LogP contribution is -2.33. The summed E-state index contributed by atoms with van der Waals surface area (Å²) in [4.78, 5) is 21.3. The molecule has 0 amide bonds. The fourth-order valence-electron chi connectivity index (χ4n) is 3.59. The van der Waals surface area contributed by atoms with Gasteiger partial charge in [0, 0.05) is 43.9 Å². The zero-order valence-electron chi connectivity index (χ0n) is 15.2. The highest BCUT2D eigenvalue weighted by atomic mass is 35.5. The van der Waals surface area contributed by atoms with E-state index in [1.54, 1.807) is 22.9 Å². The summed E-state index contributed by atoms with van der Waals surface area (Å²) in [6.07, 6.45) is 2.81. The van der Waals surface area contributed by atoms with Crippen molar-refractivity contribution in [2.45, 2.75) is 19.5 Å². The minimum absolute atomic E-state index is 0.331. The normalized spacial score (nSPS) is 16.6. The number of benzene rings is 1. The molecule has 7 heteroatoms. The van der Waals surface area contributed by atoms with Gasteiger partial charge in [-0.25, -0.2) is 9.78 Å². The van der Waals surface area contributed by atoms with Gasteiger partial charge in [-0.15, -0.1) is 0 Å². The molecule has 27 heavy (non-hydrogen) atoms. The molecular formula is C20H23ClN4O2. The third kappa shape index (κ3) is 4.40. The molecule has 1 saturated heterocycles. The third-order valence-electron chi connectivity index (χ3n) is 5.06. The predicted molar refractivity (Wildman–Crippen MR) is 106 cm³/mol. The number of halogens is 1. The number of aromatic nitrogens is 2. The Bertz CT molecular complexity index is 951. The molecule has 1 fully saturated rings. The lowest BCUT2D eigenvalue weighted by atomic mass is 10.2. The highest BCUT2D eigenvalue weighted by Gasteiger charge is 2.16. The highest BCUT2D eigenvalue weighted by molar-refractivity contribution is 6.30. The van der Waals surface area contributed by atoms with Gasteiger partial charge in [-0.2, -0.15) is 0 Å². The Labute approximate surface area is 163 Å². The van der Waals surface area contributed by atoms with Gasteiger partial charge in [0.05, 0.1) is 0 Å². The molecular weight excluding hydrogens is 364 g/mol. The maximum atomic E-state index is 12.1. The van der Waals surface area contributed by atoms with Gasteiger partial charge in [0.15, 0.2) is 11.2 Å². The van der Waals surface area contributed by atoms with Crippen LogP contribution >= 0.6 is 11.6 Å². The van der Waals surface area contributed by atoms with Crippen LogP contribution in [-0.2, 0) is 13.1 Å². The molecule has 6 nitrogen and oxygen atoms in total. The second-order valence-electron chi connectivity index (χ2n) is 6.94. The first kappa shape index (κ1) is 18.2. The van der Waals surface area contributed by atoms with Crippen LogP contribution in [-0.4, -0.2) is 52.1 Å². The fraction of sp³-hybridized carbons (Fsp3) is 0.400. The standard InChI is InChI=1S/C20H23ClN4O2/c21-17-6-4-16(5-7-17)15-24-10-2-9-23(11-12-24)13-14-25-19-18(27-20(25)26)3-1-8-22-19/h1,3-8H,2,9-15H2. The van der Waals surface area contributed by atoms with E-state index in [9.17, 15) is 4.79 Å². The first-order chi connectivity index (χ1) is 13.2. The molecule has 0 saturated carbocycles. The second-order valence-corrected chi connectivity index (χ2v) is 7.38. The summed E-state index contributed by atoms with van der Waals surface area (Å²) < 4.78 is 6.89. The minimum Gasteiger partial charge on any atom is -0.406 e. The molecule has 0 aliphatic carbocycles. The van der Waals surface area contributed by atoms with Crippen molar-refractivity contribution in [1.29, 1.82) is 0 Å². The van der Waals surface area contributed by atoms with Crippen molar-refractivity contribution in [1.82, 2.24) is 19.4 Å². The van der Waals surface area contributed by atoms with Crippen LogP contribution in [0.2, 0.25) is 5.02 Å². The van der Waals surface area contributed by atoms with E-state index in [1.807, 2.05) is 12.1 Å². The summed E-state index contributed by atoms with van der Waals surface area (Å²) in [6, 6.07) is 11.6. The van der Waals surface area contributed by atoms with E-state index in [2.05, 4.69) is 26.9 Å². The quantitative estimate of drug-likeness (QED) is 0.675. The molecule has 0 unspecified atom stereocenters. The van der Waals surface area contributed by atoms with Crippen LogP contribution in [0, 0.1) is 0 Å². The summed E-state index contributed by atoms with van der Waals surface area (Å²) in [6.45, 7) is 6.48. The number of hydrogen-bond acceptors (Lipinski definition) is 5. The van der Waals surface area contributed by atoms with Gasteiger partial charge in [0.25, 0.3) is 0 Å². The van der Waals surface area contributed by atoms with Crippen molar-refractivity contribution in [3.8, 4) is 0 Å². The summed E-state index contributed by atoms with van der Waals surface area (Å²) in [5.74, 6) is -0.331. The zero-order chi connectivity index (χ0) is 18.6. The van der Waals surface area contributed by atoms with E-state index in [0.717, 1.165) is 50.7 Å². The average Bonchev–Trinajstić information content (AvgIpc) is 2.83. The lowest BCUT2D eigenvalue weighted by Gasteiger charge is -2.21. The predicted octanol–water partition coefficient (Wildman–Crippen LogP) is 2.85. The molecule has 0 N–H and O–H groups in total. The van der Waals surface area contributed by atoms with Crippen molar-refractivity contribution in [2.75, 3.05) is 32.7 Å². The van der Waals surface area contributed by atoms with E-state index in [4.69, 9.17) is 16.0 Å². The molecule has 1 aromatic carbocycles. The number of fused-ring (bicyclic) bond motifs is 1. The molecule has 2 aromatic heterocycles. The first-order valence-corrected chi connectivity index (χ1v) is 9.70. The van der Waals surface area contributed by atoms with Crippen molar-refractivity contribution >= 4 is 22.8 Å². The molecule has 0 radical (unpaired) electrons. The summed E-state index contributed by atoms with van der Waals surface area (Å²) in [7, 11) is 0. The van der Waals surface area contributed by atoms with Gasteiger partial charge in [-0.1, -0.05) is 23.7 Å². The van der Waals surface area contributed by atoms with E-state index in [0.29, 0.717) is 17.8 Å². The van der Waals surface area contributed by atoms with Gasteiger partial charge in [0.2, 0.25) is 0 Å². The smallest absolute Gasteiger partial charge is 0.406 e. The van der Waals surface area contributed by atoms with Crippen molar-refractivity contribution in [3.05, 3.63) is 63.7 Å². The summed E-state index contributed by atoms with van der Waals surface area (Å²) in [5, 5.41) is 0.775. The zero-order valence-corrected chi connectivity index (χ0v) is 15.9. The molecule has 0 atom stereocenters. The number of oxazole rings is 1. The maximum Gasteiger partial charge on any atom is 0.421 e. The third-order valence-corrected chi connectivity index (χ3v) is 5.32. The molecule has 142 valence electrons. The van der Waals surface area contributed by atoms with Crippen LogP contribution in [0.4, 0.5) is 0 Å². The number of pyridine rings is 1. The molecule has 3 heterocycles. The van der Waals surface area contributed by atoms with Crippen LogP contribution in [0.15, 0.2) is 51.8 Å². The molecule has 1 aliphatic rings. The van der Waals surface area contributed by atoms with E-state index < -0.39 is 0 Å². The number of hydrogen-bond donors (Lipinski definition) is 0. The van der Waals surface area contributed by atoms with Gasteiger partial charge in [-0.05, 0) is 49.3 Å². The van der Waals surface area contributed by atoms with Gasteiger partial charge in [-0.3, -0.25) is 9.47 Å². The second kappa shape index (κ2) is 8.25. The fourth-order valence-corrected chi connectivity index (χ4v) is 3.72. The van der Waals surface area contributed by atoms with E-state index >= 15 is 0 Å². The van der Waals surface area contributed by atoms with Crippen molar-refractivity contribution in [2.24, 2.45) is 0 Å². The topological polar surface area (TPSA) is 54.5 Å². The maximum absolute atomic E-state index is 12.1. The van der Waals surface area contributed by atoms with Crippen LogP contribution < -0.4 is 5.76 Å². The molecule has 4 rings (SSSR count). The average molecular weight is 387 g/mol. The molecule has 0 bridgehead atoms. The Morgan fingerprint density at radius 2 is 1.78 bits per heavy atom. The largest absolute Gasteiger partial charge is 0.421 e. The van der Waals surface area contributed by atoms with Crippen LogP contribution in [0.25, 0.3) is 11.2 Å². The van der Waals surface area contributed by atoms with E-state index in [-0.39, 0.29) is 5.76 Å². The molecule has 3 aromatic rings. The number of nitrogens with zero attached hydrogens (tertiary/aromatic N) is 4. The van der Waals surface area contributed by atoms with Gasteiger partial charge in [0.1, 0.15) is 0 Å². The van der Waals surface area contributed by atoms with Gasteiger partial charge < -0.3 is 9.32 Å². The Hall–Kier alpha value is -2.15.